The molecule has 2 heteroatoms. The minimum Gasteiger partial charge on any atom is -0.497 e. The molecule has 0 fully saturated rings. The van der Waals surface area contributed by atoms with Crippen LogP contribution in [0.3, 0.4) is 0 Å². The van der Waals surface area contributed by atoms with Gasteiger partial charge in [0, 0.05) is 5.33 Å². The summed E-state index contributed by atoms with van der Waals surface area (Å²) in [6.07, 6.45) is 2.33. The predicted octanol–water partition coefficient (Wildman–Crippen LogP) is 3.66. The molecule has 1 aromatic rings. The molecule has 14 heavy (non-hydrogen) atoms. The van der Waals surface area contributed by atoms with Gasteiger partial charge < -0.3 is 4.74 Å². The lowest BCUT2D eigenvalue weighted by atomic mass is 9.99. The lowest BCUT2D eigenvalue weighted by Gasteiger charge is -2.11. The van der Waals surface area contributed by atoms with Gasteiger partial charge in [0.05, 0.1) is 7.11 Å². The van der Waals surface area contributed by atoms with E-state index in [0.717, 1.165) is 23.4 Å². The number of ether oxygens (including phenoxy) is 1. The normalized spacial score (nSPS) is 12.5. The maximum atomic E-state index is 5.19. The van der Waals surface area contributed by atoms with Crippen LogP contribution in [0.15, 0.2) is 24.3 Å². The third-order valence-electron chi connectivity index (χ3n) is 2.45. The molecule has 1 atom stereocenters. The Hall–Kier alpha value is -0.500. The smallest absolute Gasteiger partial charge is 0.119 e. The average Bonchev–Trinajstić information content (AvgIpc) is 2.26. The Morgan fingerprint density at radius 3 is 2.79 bits per heavy atom. The number of rotatable bonds is 5. The van der Waals surface area contributed by atoms with E-state index in [4.69, 9.17) is 4.74 Å². The van der Waals surface area contributed by atoms with Gasteiger partial charge in [0.1, 0.15) is 5.75 Å². The molecule has 0 bridgehead atoms. The minimum absolute atomic E-state index is 0.724. The number of alkyl halides is 1. The summed E-state index contributed by atoms with van der Waals surface area (Å²) in [7, 11) is 1.71. The number of methoxy groups -OCH3 is 1. The van der Waals surface area contributed by atoms with Gasteiger partial charge in [-0.3, -0.25) is 0 Å². The quantitative estimate of drug-likeness (QED) is 0.731. The van der Waals surface area contributed by atoms with E-state index < -0.39 is 0 Å². The first-order chi connectivity index (χ1) is 6.80. The zero-order valence-electron chi connectivity index (χ0n) is 8.79. The molecule has 0 aliphatic carbocycles. The van der Waals surface area contributed by atoms with Crippen molar-refractivity contribution in [3.8, 4) is 5.75 Å². The summed E-state index contributed by atoms with van der Waals surface area (Å²) in [6, 6.07) is 8.31. The third-order valence-corrected chi connectivity index (χ3v) is 3.37. The molecule has 1 nitrogen and oxygen atoms in total. The molecule has 0 radical (unpaired) electrons. The van der Waals surface area contributed by atoms with Gasteiger partial charge in [-0.05, 0) is 30.0 Å². The van der Waals surface area contributed by atoms with E-state index in [-0.39, 0.29) is 0 Å². The van der Waals surface area contributed by atoms with Crippen LogP contribution in [0.2, 0.25) is 0 Å². The number of hydrogen-bond acceptors (Lipinski definition) is 1. The summed E-state index contributed by atoms with van der Waals surface area (Å²) in [5.74, 6) is 1.68. The van der Waals surface area contributed by atoms with E-state index in [9.17, 15) is 0 Å². The Kier molecular flexibility index (Phi) is 5.02. The summed E-state index contributed by atoms with van der Waals surface area (Å²) in [5.41, 5.74) is 1.36. The first-order valence-electron chi connectivity index (χ1n) is 4.99. The molecule has 0 saturated carbocycles. The van der Waals surface area contributed by atoms with Crippen molar-refractivity contribution in [1.82, 2.24) is 0 Å². The van der Waals surface area contributed by atoms with E-state index >= 15 is 0 Å². The molecule has 0 heterocycles. The summed E-state index contributed by atoms with van der Waals surface area (Å²) < 4.78 is 5.19. The summed E-state index contributed by atoms with van der Waals surface area (Å²) in [6.45, 7) is 2.23. The zero-order valence-corrected chi connectivity index (χ0v) is 10.4. The molecule has 78 valence electrons. The second-order valence-electron chi connectivity index (χ2n) is 3.48. The maximum Gasteiger partial charge on any atom is 0.119 e. The van der Waals surface area contributed by atoms with Gasteiger partial charge in [-0.2, -0.15) is 0 Å². The van der Waals surface area contributed by atoms with Crippen LogP contribution >= 0.6 is 15.9 Å². The fourth-order valence-corrected chi connectivity index (χ4v) is 2.13. The fraction of sp³-hybridized carbons (Fsp3) is 0.500. The number of halogens is 1. The minimum atomic E-state index is 0.724. The highest BCUT2D eigenvalue weighted by molar-refractivity contribution is 9.09. The summed E-state index contributed by atoms with van der Waals surface area (Å²) >= 11 is 3.54. The van der Waals surface area contributed by atoms with Crippen molar-refractivity contribution in [1.29, 1.82) is 0 Å². The fourth-order valence-electron chi connectivity index (χ4n) is 1.44. The highest BCUT2D eigenvalue weighted by Gasteiger charge is 2.05. The van der Waals surface area contributed by atoms with Crippen LogP contribution in [0.5, 0.6) is 5.75 Å². The second-order valence-corrected chi connectivity index (χ2v) is 4.13. The van der Waals surface area contributed by atoms with Crippen molar-refractivity contribution in [2.24, 2.45) is 5.92 Å². The molecular weight excluding hydrogens is 240 g/mol. The molecule has 0 spiro atoms. The molecule has 0 aliphatic rings. The van der Waals surface area contributed by atoms with Crippen LogP contribution in [0.1, 0.15) is 18.9 Å². The molecule has 0 aromatic heterocycles. The standard InChI is InChI=1S/C12H17BrO/c1-3-10(9-13)7-11-5-4-6-12(8-11)14-2/h4-6,8,10H,3,7,9H2,1-2H3. The van der Waals surface area contributed by atoms with E-state index in [1.807, 2.05) is 6.07 Å². The van der Waals surface area contributed by atoms with Crippen LogP contribution < -0.4 is 4.74 Å². The molecule has 1 rings (SSSR count). The highest BCUT2D eigenvalue weighted by Crippen LogP contribution is 2.18. The molecule has 1 aromatic carbocycles. The van der Waals surface area contributed by atoms with Crippen molar-refractivity contribution >= 4 is 15.9 Å². The van der Waals surface area contributed by atoms with Gasteiger partial charge in [-0.15, -0.1) is 0 Å². The van der Waals surface area contributed by atoms with Crippen LogP contribution in [-0.2, 0) is 6.42 Å². The first-order valence-corrected chi connectivity index (χ1v) is 6.11. The second kappa shape index (κ2) is 6.07. The van der Waals surface area contributed by atoms with Gasteiger partial charge in [-0.25, -0.2) is 0 Å². The van der Waals surface area contributed by atoms with Crippen molar-refractivity contribution in [2.75, 3.05) is 12.4 Å². The van der Waals surface area contributed by atoms with Crippen molar-refractivity contribution < 1.29 is 4.74 Å². The number of benzene rings is 1. The van der Waals surface area contributed by atoms with Gasteiger partial charge in [0.2, 0.25) is 0 Å². The van der Waals surface area contributed by atoms with E-state index in [1.54, 1.807) is 7.11 Å². The van der Waals surface area contributed by atoms with E-state index in [0.29, 0.717) is 0 Å². The Labute approximate surface area is 94.6 Å². The van der Waals surface area contributed by atoms with Gasteiger partial charge in [0.25, 0.3) is 0 Å². The monoisotopic (exact) mass is 256 g/mol. The Bertz CT molecular complexity index is 269. The molecule has 1 unspecified atom stereocenters. The highest BCUT2D eigenvalue weighted by atomic mass is 79.9. The van der Waals surface area contributed by atoms with Gasteiger partial charge in [0.15, 0.2) is 0 Å². The molecule has 0 N–H and O–H groups in total. The van der Waals surface area contributed by atoms with Crippen LogP contribution in [-0.4, -0.2) is 12.4 Å². The van der Waals surface area contributed by atoms with Crippen molar-refractivity contribution in [2.45, 2.75) is 19.8 Å². The Morgan fingerprint density at radius 1 is 1.43 bits per heavy atom. The van der Waals surface area contributed by atoms with Crippen molar-refractivity contribution in [3.05, 3.63) is 29.8 Å². The molecule has 0 saturated heterocycles. The largest absolute Gasteiger partial charge is 0.497 e. The Balaban J connectivity index is 2.65. The SMILES string of the molecule is CCC(CBr)Cc1cccc(OC)c1. The molecule has 0 amide bonds. The molecular formula is C12H17BrO. The zero-order chi connectivity index (χ0) is 10.4. The topological polar surface area (TPSA) is 9.23 Å². The predicted molar refractivity (Wildman–Crippen MR) is 64.3 cm³/mol. The van der Waals surface area contributed by atoms with Crippen LogP contribution in [0.4, 0.5) is 0 Å². The van der Waals surface area contributed by atoms with Crippen molar-refractivity contribution in [3.63, 3.8) is 0 Å². The van der Waals surface area contributed by atoms with E-state index in [1.165, 1.54) is 12.0 Å². The van der Waals surface area contributed by atoms with Gasteiger partial charge in [-0.1, -0.05) is 41.4 Å². The van der Waals surface area contributed by atoms with Crippen LogP contribution in [0.25, 0.3) is 0 Å². The van der Waals surface area contributed by atoms with Crippen LogP contribution in [0, 0.1) is 5.92 Å². The number of hydrogen-bond donors (Lipinski definition) is 0. The third kappa shape index (κ3) is 3.33. The van der Waals surface area contributed by atoms with E-state index in [2.05, 4.69) is 41.1 Å². The van der Waals surface area contributed by atoms with Gasteiger partial charge >= 0.3 is 0 Å². The lowest BCUT2D eigenvalue weighted by molar-refractivity contribution is 0.414. The first kappa shape index (κ1) is 11.6. The lowest BCUT2D eigenvalue weighted by Crippen LogP contribution is -2.04. The molecule has 0 aliphatic heterocycles. The summed E-state index contributed by atoms with van der Waals surface area (Å²) in [5, 5.41) is 1.07. The average molecular weight is 257 g/mol. The summed E-state index contributed by atoms with van der Waals surface area (Å²) in [4.78, 5) is 0. The Morgan fingerprint density at radius 2 is 2.21 bits per heavy atom. The maximum absolute atomic E-state index is 5.19.